The minimum atomic E-state index is -0.735. The quantitative estimate of drug-likeness (QED) is 0.752. The van der Waals surface area contributed by atoms with Gasteiger partial charge in [0.1, 0.15) is 0 Å². The van der Waals surface area contributed by atoms with Crippen molar-refractivity contribution in [2.45, 2.75) is 13.2 Å². The second-order valence-electron chi connectivity index (χ2n) is 5.81. The predicted molar refractivity (Wildman–Crippen MR) is 96.1 cm³/mol. The number of nitrogens with one attached hydrogen (secondary N) is 1. The van der Waals surface area contributed by atoms with Crippen LogP contribution in [0.4, 0.5) is 5.69 Å². The molecule has 24 heavy (non-hydrogen) atoms. The van der Waals surface area contributed by atoms with Gasteiger partial charge in [0.05, 0.1) is 17.7 Å². The number of rotatable bonds is 2. The second kappa shape index (κ2) is 5.91. The molecule has 2 N–H and O–H groups in total. The zero-order valence-electron chi connectivity index (χ0n) is 13.3. The number of nitrogens with zero attached hydrogens (tertiary/aromatic N) is 2. The van der Waals surface area contributed by atoms with Gasteiger partial charge in [0, 0.05) is 16.8 Å². The molecule has 1 atom stereocenters. The van der Waals surface area contributed by atoms with Crippen LogP contribution in [-0.2, 0) is 0 Å². The van der Waals surface area contributed by atoms with E-state index in [0.29, 0.717) is 0 Å². The van der Waals surface area contributed by atoms with E-state index in [-0.39, 0.29) is 0 Å². The fourth-order valence-electron chi connectivity index (χ4n) is 2.98. The predicted octanol–water partition coefficient (Wildman–Crippen LogP) is 3.98. The Kier molecular flexibility index (Phi) is 3.59. The third-order valence-corrected chi connectivity index (χ3v) is 4.16. The first-order valence-corrected chi connectivity index (χ1v) is 7.86. The Balaban J connectivity index is 1.87. The molecular weight excluding hydrogens is 298 g/mol. The minimum Gasteiger partial charge on any atom is -0.369 e. The number of aliphatic imine (C=N–C) groups is 1. The molecule has 2 heterocycles. The van der Waals surface area contributed by atoms with Crippen LogP contribution in [0.15, 0.2) is 65.7 Å². The minimum absolute atomic E-state index is 0.735. The molecule has 4 nitrogen and oxygen atoms in total. The molecule has 3 aromatic rings. The number of benzene rings is 2. The summed E-state index contributed by atoms with van der Waals surface area (Å²) in [5.74, 6) is 0. The Hall–Kier alpha value is -2.98. The number of fused-ring (bicyclic) bond motifs is 1. The van der Waals surface area contributed by atoms with E-state index in [9.17, 15) is 5.11 Å². The third kappa shape index (κ3) is 2.57. The van der Waals surface area contributed by atoms with Gasteiger partial charge in [0.15, 0.2) is 6.23 Å². The molecule has 0 saturated carbocycles. The van der Waals surface area contributed by atoms with Crippen LogP contribution in [0, 0.1) is 6.92 Å². The van der Waals surface area contributed by atoms with Crippen LogP contribution in [0.25, 0.3) is 22.4 Å². The molecule has 1 aromatic heterocycles. The molecule has 0 bridgehead atoms. The fourth-order valence-corrected chi connectivity index (χ4v) is 2.98. The van der Waals surface area contributed by atoms with E-state index in [1.54, 1.807) is 0 Å². The lowest BCUT2D eigenvalue weighted by atomic mass is 9.95. The summed E-state index contributed by atoms with van der Waals surface area (Å²) in [6.07, 6.45) is 0.791. The number of hydrogen-bond acceptors (Lipinski definition) is 4. The summed E-state index contributed by atoms with van der Waals surface area (Å²) in [6, 6.07) is 20.2. The molecule has 0 spiro atoms. The number of aliphatic hydroxyl groups excluding tert-OH is 1. The molecule has 118 valence electrons. The van der Waals surface area contributed by atoms with E-state index in [4.69, 9.17) is 0 Å². The normalized spacial score (nSPS) is 15.7. The molecule has 0 aliphatic carbocycles. The maximum atomic E-state index is 10.1. The number of hydrogen-bond donors (Lipinski definition) is 2. The lowest BCUT2D eigenvalue weighted by Crippen LogP contribution is -2.21. The summed E-state index contributed by atoms with van der Waals surface area (Å²) in [5, 5.41) is 13.0. The van der Waals surface area contributed by atoms with Crippen LogP contribution >= 0.6 is 0 Å². The molecule has 0 radical (unpaired) electrons. The van der Waals surface area contributed by atoms with E-state index in [2.05, 4.69) is 27.4 Å². The number of aliphatic hydroxyl groups is 1. The number of aromatic nitrogens is 1. The van der Waals surface area contributed by atoms with Crippen LogP contribution in [0.3, 0.4) is 0 Å². The molecule has 1 unspecified atom stereocenters. The van der Waals surface area contributed by atoms with Crippen molar-refractivity contribution in [3.05, 3.63) is 71.9 Å². The lowest BCUT2D eigenvalue weighted by molar-refractivity contribution is 0.163. The highest BCUT2D eigenvalue weighted by Crippen LogP contribution is 2.35. The largest absolute Gasteiger partial charge is 0.369 e. The van der Waals surface area contributed by atoms with Crippen molar-refractivity contribution in [3.8, 4) is 22.4 Å². The van der Waals surface area contributed by atoms with Crippen molar-refractivity contribution in [2.75, 3.05) is 0 Å². The average molecular weight is 315 g/mol. The van der Waals surface area contributed by atoms with E-state index in [1.165, 1.54) is 6.34 Å². The molecule has 0 saturated heterocycles. The van der Waals surface area contributed by atoms with Crippen molar-refractivity contribution in [1.29, 1.82) is 0 Å². The summed E-state index contributed by atoms with van der Waals surface area (Å²) < 4.78 is 0. The zero-order valence-corrected chi connectivity index (χ0v) is 13.3. The highest BCUT2D eigenvalue weighted by molar-refractivity contribution is 5.83. The van der Waals surface area contributed by atoms with Gasteiger partial charge in [0.2, 0.25) is 0 Å². The van der Waals surface area contributed by atoms with Gasteiger partial charge >= 0.3 is 0 Å². The lowest BCUT2D eigenvalue weighted by Gasteiger charge is -2.19. The van der Waals surface area contributed by atoms with Crippen molar-refractivity contribution in [2.24, 2.45) is 4.99 Å². The van der Waals surface area contributed by atoms with Crippen LogP contribution in [0.2, 0.25) is 0 Å². The van der Waals surface area contributed by atoms with Gasteiger partial charge in [-0.05, 0) is 42.3 Å². The SMILES string of the molecule is Cc1cccc(-c2ccccc2-c2ccc3c(c2)C(O)NC=N3)n1. The van der Waals surface area contributed by atoms with Crippen molar-refractivity contribution >= 4 is 12.0 Å². The first kappa shape index (κ1) is 14.6. The highest BCUT2D eigenvalue weighted by Gasteiger charge is 2.17. The zero-order chi connectivity index (χ0) is 16.5. The first-order valence-electron chi connectivity index (χ1n) is 7.86. The van der Waals surface area contributed by atoms with Gasteiger partial charge in [-0.2, -0.15) is 0 Å². The molecule has 0 fully saturated rings. The summed E-state index contributed by atoms with van der Waals surface area (Å²) in [6.45, 7) is 1.99. The smallest absolute Gasteiger partial charge is 0.153 e. The Morgan fingerprint density at radius 2 is 1.79 bits per heavy atom. The van der Waals surface area contributed by atoms with E-state index in [1.807, 2.05) is 55.5 Å². The third-order valence-electron chi connectivity index (χ3n) is 4.16. The number of pyridine rings is 1. The maximum Gasteiger partial charge on any atom is 0.153 e. The Morgan fingerprint density at radius 1 is 0.958 bits per heavy atom. The summed E-state index contributed by atoms with van der Waals surface area (Å²) >= 11 is 0. The van der Waals surface area contributed by atoms with Crippen LogP contribution in [0.1, 0.15) is 17.5 Å². The average Bonchev–Trinajstić information content (AvgIpc) is 2.62. The van der Waals surface area contributed by atoms with Crippen LogP contribution in [0.5, 0.6) is 0 Å². The van der Waals surface area contributed by atoms with Gasteiger partial charge in [-0.25, -0.2) is 4.99 Å². The van der Waals surface area contributed by atoms with Gasteiger partial charge in [-0.15, -0.1) is 0 Å². The van der Waals surface area contributed by atoms with E-state index in [0.717, 1.165) is 39.3 Å². The van der Waals surface area contributed by atoms with E-state index >= 15 is 0 Å². The maximum absolute atomic E-state index is 10.1. The summed E-state index contributed by atoms with van der Waals surface area (Å²) in [4.78, 5) is 8.91. The Labute approximate surface area is 140 Å². The van der Waals surface area contributed by atoms with Crippen LogP contribution in [-0.4, -0.2) is 16.4 Å². The van der Waals surface area contributed by atoms with E-state index < -0.39 is 6.23 Å². The molecule has 1 aliphatic rings. The summed E-state index contributed by atoms with van der Waals surface area (Å²) in [5.41, 5.74) is 6.69. The summed E-state index contributed by atoms with van der Waals surface area (Å²) in [7, 11) is 0. The number of aryl methyl sites for hydroxylation is 1. The molecule has 1 aliphatic heterocycles. The van der Waals surface area contributed by atoms with Gasteiger partial charge in [-0.3, -0.25) is 4.98 Å². The topological polar surface area (TPSA) is 57.5 Å². The van der Waals surface area contributed by atoms with Gasteiger partial charge in [-0.1, -0.05) is 36.4 Å². The van der Waals surface area contributed by atoms with Crippen molar-refractivity contribution < 1.29 is 5.11 Å². The highest BCUT2D eigenvalue weighted by atomic mass is 16.3. The fraction of sp³-hybridized carbons (Fsp3) is 0.100. The standard InChI is InChI=1S/C20H17N3O/c1-13-5-4-8-19(23-13)16-7-3-2-6-15(16)14-9-10-18-17(11-14)20(24)22-12-21-18/h2-12,20,24H,1H3,(H,21,22). The Morgan fingerprint density at radius 3 is 2.62 bits per heavy atom. The molecule has 4 rings (SSSR count). The first-order chi connectivity index (χ1) is 11.7. The van der Waals surface area contributed by atoms with Crippen LogP contribution < -0.4 is 5.32 Å². The monoisotopic (exact) mass is 315 g/mol. The van der Waals surface area contributed by atoms with Gasteiger partial charge < -0.3 is 10.4 Å². The molecular formula is C20H17N3O. The van der Waals surface area contributed by atoms with Gasteiger partial charge in [0.25, 0.3) is 0 Å². The second-order valence-corrected chi connectivity index (χ2v) is 5.81. The molecule has 2 aromatic carbocycles. The molecule has 0 amide bonds. The molecule has 4 heteroatoms. The Bertz CT molecular complexity index is 934. The van der Waals surface area contributed by atoms with Crippen molar-refractivity contribution in [3.63, 3.8) is 0 Å². The van der Waals surface area contributed by atoms with Crippen molar-refractivity contribution in [1.82, 2.24) is 10.3 Å².